The van der Waals surface area contributed by atoms with Crippen molar-refractivity contribution in [1.29, 1.82) is 0 Å². The van der Waals surface area contributed by atoms with E-state index in [2.05, 4.69) is 15.1 Å². The number of hydrogen-bond donors (Lipinski definition) is 0. The maximum Gasteiger partial charge on any atom is 0.256 e. The first kappa shape index (κ1) is 25.4. The highest BCUT2D eigenvalue weighted by molar-refractivity contribution is 6.33. The van der Waals surface area contributed by atoms with Crippen molar-refractivity contribution in [3.8, 4) is 11.3 Å². The van der Waals surface area contributed by atoms with Crippen molar-refractivity contribution in [2.24, 2.45) is 0 Å². The van der Waals surface area contributed by atoms with Crippen molar-refractivity contribution in [1.82, 2.24) is 20.0 Å². The molecule has 1 saturated heterocycles. The SMILES string of the molecule is O=C(CN(Cc1ccco1)C(=O)c1ccccc1Cl)N1CCN(c2ccc(-c3ccc(F)cc3)nn2)CC1. The second-order valence-electron chi connectivity index (χ2n) is 8.87. The van der Waals surface area contributed by atoms with Crippen LogP contribution in [0.3, 0.4) is 0 Å². The summed E-state index contributed by atoms with van der Waals surface area (Å²) in [5.41, 5.74) is 1.77. The van der Waals surface area contributed by atoms with Gasteiger partial charge in [0.1, 0.15) is 18.1 Å². The van der Waals surface area contributed by atoms with E-state index in [1.54, 1.807) is 53.4 Å². The molecule has 0 saturated carbocycles. The zero-order chi connectivity index (χ0) is 26.5. The van der Waals surface area contributed by atoms with E-state index >= 15 is 0 Å². The van der Waals surface area contributed by atoms with Gasteiger partial charge in [-0.2, -0.15) is 0 Å². The summed E-state index contributed by atoms with van der Waals surface area (Å²) in [4.78, 5) is 31.8. The third-order valence-corrected chi connectivity index (χ3v) is 6.72. The number of furan rings is 1. The molecule has 0 bridgehead atoms. The monoisotopic (exact) mass is 533 g/mol. The average Bonchev–Trinajstić information content (AvgIpc) is 3.46. The number of nitrogens with zero attached hydrogens (tertiary/aromatic N) is 5. The summed E-state index contributed by atoms with van der Waals surface area (Å²) in [6, 6.07) is 20.1. The molecule has 0 atom stereocenters. The van der Waals surface area contributed by atoms with Crippen molar-refractivity contribution in [3.05, 3.63) is 101 Å². The number of carbonyl (C=O) groups is 2. The number of anilines is 1. The van der Waals surface area contributed by atoms with Crippen LogP contribution in [-0.4, -0.2) is 64.5 Å². The molecule has 0 unspecified atom stereocenters. The topological polar surface area (TPSA) is 82.8 Å². The molecule has 8 nitrogen and oxygen atoms in total. The van der Waals surface area contributed by atoms with Crippen LogP contribution in [0.2, 0.25) is 5.02 Å². The van der Waals surface area contributed by atoms with E-state index < -0.39 is 0 Å². The third-order valence-electron chi connectivity index (χ3n) is 6.39. The lowest BCUT2D eigenvalue weighted by molar-refractivity contribution is -0.132. The van der Waals surface area contributed by atoms with E-state index in [1.165, 1.54) is 23.3 Å². The predicted molar refractivity (Wildman–Crippen MR) is 141 cm³/mol. The molecule has 3 heterocycles. The first-order valence-electron chi connectivity index (χ1n) is 12.2. The van der Waals surface area contributed by atoms with Crippen LogP contribution in [0, 0.1) is 5.82 Å². The van der Waals surface area contributed by atoms with Crippen LogP contribution in [0.5, 0.6) is 0 Å². The second-order valence-corrected chi connectivity index (χ2v) is 9.28. The van der Waals surface area contributed by atoms with Crippen LogP contribution in [0.25, 0.3) is 11.3 Å². The van der Waals surface area contributed by atoms with Crippen LogP contribution >= 0.6 is 11.6 Å². The second kappa shape index (κ2) is 11.4. The maximum absolute atomic E-state index is 13.3. The molecule has 194 valence electrons. The zero-order valence-electron chi connectivity index (χ0n) is 20.5. The van der Waals surface area contributed by atoms with Gasteiger partial charge in [0.05, 0.1) is 29.1 Å². The number of halogens is 2. The van der Waals surface area contributed by atoms with Crippen molar-refractivity contribution < 1.29 is 18.4 Å². The van der Waals surface area contributed by atoms with Gasteiger partial charge >= 0.3 is 0 Å². The lowest BCUT2D eigenvalue weighted by Gasteiger charge is -2.36. The van der Waals surface area contributed by atoms with E-state index in [0.717, 1.165) is 5.56 Å². The number of benzene rings is 2. The van der Waals surface area contributed by atoms with Gasteiger partial charge in [0.15, 0.2) is 5.82 Å². The van der Waals surface area contributed by atoms with Gasteiger partial charge in [-0.15, -0.1) is 10.2 Å². The summed E-state index contributed by atoms with van der Waals surface area (Å²) in [6.45, 7) is 2.17. The number of carbonyl (C=O) groups excluding carboxylic acids is 2. The number of rotatable bonds is 7. The van der Waals surface area contributed by atoms with Crippen molar-refractivity contribution >= 4 is 29.2 Å². The summed E-state index contributed by atoms with van der Waals surface area (Å²) in [5.74, 6) is 0.481. The van der Waals surface area contributed by atoms with Crippen LogP contribution in [0.4, 0.5) is 10.2 Å². The van der Waals surface area contributed by atoms with Crippen molar-refractivity contribution in [3.63, 3.8) is 0 Å². The largest absolute Gasteiger partial charge is 0.467 e. The summed E-state index contributed by atoms with van der Waals surface area (Å²) in [5, 5.41) is 8.94. The minimum Gasteiger partial charge on any atom is -0.467 e. The molecule has 1 aliphatic rings. The first-order valence-corrected chi connectivity index (χ1v) is 12.5. The molecule has 2 amide bonds. The Labute approximate surface area is 224 Å². The van der Waals surface area contributed by atoms with Gasteiger partial charge < -0.3 is 19.1 Å². The third kappa shape index (κ3) is 5.84. The van der Waals surface area contributed by atoms with Crippen LogP contribution in [0.15, 0.2) is 83.5 Å². The molecule has 10 heteroatoms. The Morgan fingerprint density at radius 2 is 1.68 bits per heavy atom. The fourth-order valence-corrected chi connectivity index (χ4v) is 4.53. The van der Waals surface area contributed by atoms with Gasteiger partial charge in [-0.05, 0) is 60.7 Å². The standard InChI is InChI=1S/C28H25ClFN5O3/c29-24-6-2-1-5-23(24)28(37)35(18-22-4-3-17-38-22)19-27(36)34-15-13-33(14-16-34)26-12-11-25(31-32-26)20-7-9-21(30)10-8-20/h1-12,17H,13-16,18-19H2. The van der Waals surface area contributed by atoms with E-state index in [0.29, 0.717) is 54.0 Å². The Bertz CT molecular complexity index is 1390. The lowest BCUT2D eigenvalue weighted by Crippen LogP contribution is -2.52. The highest BCUT2D eigenvalue weighted by atomic mass is 35.5. The fraction of sp³-hybridized carbons (Fsp3) is 0.214. The summed E-state index contributed by atoms with van der Waals surface area (Å²) in [6.07, 6.45) is 1.53. The molecule has 5 rings (SSSR count). The van der Waals surface area contributed by atoms with Crippen LogP contribution < -0.4 is 4.90 Å². The van der Waals surface area contributed by atoms with Gasteiger partial charge in [-0.3, -0.25) is 9.59 Å². The van der Waals surface area contributed by atoms with Gasteiger partial charge in [0, 0.05) is 31.7 Å². The minimum absolute atomic E-state index is 0.100. The van der Waals surface area contributed by atoms with E-state index in [4.69, 9.17) is 16.0 Å². The van der Waals surface area contributed by atoms with Crippen LogP contribution in [-0.2, 0) is 11.3 Å². The maximum atomic E-state index is 13.3. The molecule has 1 fully saturated rings. The Morgan fingerprint density at radius 3 is 2.34 bits per heavy atom. The molecule has 4 aromatic rings. The number of amides is 2. The molecule has 0 N–H and O–H groups in total. The normalized spacial score (nSPS) is 13.4. The Hall–Kier alpha value is -4.24. The molecule has 0 radical (unpaired) electrons. The zero-order valence-corrected chi connectivity index (χ0v) is 21.2. The van der Waals surface area contributed by atoms with E-state index in [9.17, 15) is 14.0 Å². The quantitative estimate of drug-likeness (QED) is 0.347. The number of piperazine rings is 1. The number of aromatic nitrogens is 2. The van der Waals surface area contributed by atoms with E-state index in [1.807, 2.05) is 12.1 Å². The van der Waals surface area contributed by atoms with Gasteiger partial charge in [0.25, 0.3) is 5.91 Å². The van der Waals surface area contributed by atoms with Gasteiger partial charge in [0.2, 0.25) is 5.91 Å². The Kier molecular flexibility index (Phi) is 7.65. The summed E-state index contributed by atoms with van der Waals surface area (Å²) in [7, 11) is 0. The smallest absolute Gasteiger partial charge is 0.256 e. The average molecular weight is 534 g/mol. The molecular formula is C28H25ClFN5O3. The molecule has 38 heavy (non-hydrogen) atoms. The van der Waals surface area contributed by atoms with Crippen LogP contribution in [0.1, 0.15) is 16.1 Å². The number of hydrogen-bond acceptors (Lipinski definition) is 6. The van der Waals surface area contributed by atoms with Gasteiger partial charge in [-0.25, -0.2) is 4.39 Å². The van der Waals surface area contributed by atoms with Crippen molar-refractivity contribution in [2.75, 3.05) is 37.6 Å². The molecule has 0 spiro atoms. The van der Waals surface area contributed by atoms with Gasteiger partial charge in [-0.1, -0.05) is 23.7 Å². The van der Waals surface area contributed by atoms with E-state index in [-0.39, 0.29) is 30.7 Å². The Morgan fingerprint density at radius 1 is 0.921 bits per heavy atom. The molecule has 2 aromatic heterocycles. The molecule has 1 aliphatic heterocycles. The molecular weight excluding hydrogens is 509 g/mol. The highest BCUT2D eigenvalue weighted by Gasteiger charge is 2.27. The molecule has 0 aliphatic carbocycles. The minimum atomic E-state index is -0.337. The molecule has 2 aromatic carbocycles. The predicted octanol–water partition coefficient (Wildman–Crippen LogP) is 4.52. The summed E-state index contributed by atoms with van der Waals surface area (Å²) < 4.78 is 18.6. The highest BCUT2D eigenvalue weighted by Crippen LogP contribution is 2.21. The van der Waals surface area contributed by atoms with Crippen molar-refractivity contribution in [2.45, 2.75) is 6.54 Å². The summed E-state index contributed by atoms with van der Waals surface area (Å²) >= 11 is 6.26. The fourth-order valence-electron chi connectivity index (χ4n) is 4.31. The lowest BCUT2D eigenvalue weighted by atomic mass is 10.1. The first-order chi connectivity index (χ1) is 18.5. The Balaban J connectivity index is 1.21.